The average Bonchev–Trinajstić information content (AvgIpc) is 2.55. The summed E-state index contributed by atoms with van der Waals surface area (Å²) in [6.45, 7) is 0. The second-order valence-electron chi connectivity index (χ2n) is 5.47. The summed E-state index contributed by atoms with van der Waals surface area (Å²) in [5, 5.41) is 0. The van der Waals surface area contributed by atoms with E-state index in [4.69, 9.17) is 0 Å². The van der Waals surface area contributed by atoms with Gasteiger partial charge in [0.2, 0.25) is 5.91 Å². The number of nitrogens with zero attached hydrogens (tertiary/aromatic N) is 1. The first-order valence-electron chi connectivity index (χ1n) is 7.54. The zero-order valence-corrected chi connectivity index (χ0v) is 14.0. The van der Waals surface area contributed by atoms with Crippen LogP contribution in [0.15, 0.2) is 60.7 Å². The number of carbonyl (C=O) groups excluding carboxylic acids is 1. The molecule has 2 rings (SSSR count). The van der Waals surface area contributed by atoms with Crippen molar-refractivity contribution >= 4 is 21.4 Å². The van der Waals surface area contributed by atoms with Gasteiger partial charge in [-0.3, -0.25) is 4.79 Å². The van der Waals surface area contributed by atoms with Gasteiger partial charge in [0, 0.05) is 19.2 Å². The van der Waals surface area contributed by atoms with Crippen molar-refractivity contribution in [2.75, 3.05) is 17.7 Å². The summed E-state index contributed by atoms with van der Waals surface area (Å²) in [4.78, 5) is 13.7. The second kappa shape index (κ2) is 7.92. The summed E-state index contributed by atoms with van der Waals surface area (Å²) in [5.41, 5.74) is 1.59. The van der Waals surface area contributed by atoms with Gasteiger partial charge in [-0.25, -0.2) is 8.42 Å². The molecule has 5 heteroatoms. The molecule has 0 aliphatic rings. The van der Waals surface area contributed by atoms with Crippen molar-refractivity contribution in [2.45, 2.75) is 18.6 Å². The molecule has 0 spiro atoms. The van der Waals surface area contributed by atoms with Crippen LogP contribution >= 0.6 is 0 Å². The predicted molar refractivity (Wildman–Crippen MR) is 93.0 cm³/mol. The molecule has 0 fully saturated rings. The lowest BCUT2D eigenvalue weighted by Gasteiger charge is -2.17. The van der Waals surface area contributed by atoms with Gasteiger partial charge in [-0.15, -0.1) is 0 Å². The summed E-state index contributed by atoms with van der Waals surface area (Å²) in [6.07, 6.45) is 0.560. The van der Waals surface area contributed by atoms with E-state index >= 15 is 0 Å². The van der Waals surface area contributed by atoms with E-state index in [1.807, 2.05) is 48.5 Å². The normalized spacial score (nSPS) is 11.2. The molecule has 2 aromatic rings. The van der Waals surface area contributed by atoms with Crippen molar-refractivity contribution < 1.29 is 13.2 Å². The third kappa shape index (κ3) is 5.53. The number of para-hydroxylation sites is 1. The Hall–Kier alpha value is -2.14. The van der Waals surface area contributed by atoms with Gasteiger partial charge in [0.15, 0.2) is 9.84 Å². The predicted octanol–water partition coefficient (Wildman–Crippen LogP) is 3.04. The molecule has 2 aromatic carbocycles. The highest BCUT2D eigenvalue weighted by molar-refractivity contribution is 7.90. The number of amides is 1. The molecule has 0 bridgehead atoms. The molecule has 0 radical (unpaired) electrons. The minimum absolute atomic E-state index is 0.0241. The Balaban J connectivity index is 1.83. The van der Waals surface area contributed by atoms with E-state index in [1.54, 1.807) is 24.1 Å². The molecule has 0 unspecified atom stereocenters. The van der Waals surface area contributed by atoms with Gasteiger partial charge in [-0.2, -0.15) is 0 Å². The van der Waals surface area contributed by atoms with Gasteiger partial charge in [0.25, 0.3) is 0 Å². The molecule has 0 aromatic heterocycles. The number of benzene rings is 2. The summed E-state index contributed by atoms with van der Waals surface area (Å²) >= 11 is 0. The Morgan fingerprint density at radius 1 is 0.957 bits per heavy atom. The molecule has 122 valence electrons. The van der Waals surface area contributed by atoms with Gasteiger partial charge >= 0.3 is 0 Å². The lowest BCUT2D eigenvalue weighted by atomic mass is 10.2. The van der Waals surface area contributed by atoms with Gasteiger partial charge in [-0.05, 0) is 24.1 Å². The number of hydrogen-bond donors (Lipinski definition) is 0. The van der Waals surface area contributed by atoms with Crippen molar-refractivity contribution in [3.63, 3.8) is 0 Å². The van der Waals surface area contributed by atoms with Crippen LogP contribution in [0.2, 0.25) is 0 Å². The van der Waals surface area contributed by atoms with Crippen LogP contribution in [0.3, 0.4) is 0 Å². The maximum Gasteiger partial charge on any atom is 0.226 e. The van der Waals surface area contributed by atoms with Crippen LogP contribution < -0.4 is 4.90 Å². The highest BCUT2D eigenvalue weighted by atomic mass is 32.2. The Bertz CT molecular complexity index is 727. The van der Waals surface area contributed by atoms with Gasteiger partial charge in [-0.1, -0.05) is 48.5 Å². The monoisotopic (exact) mass is 331 g/mol. The Morgan fingerprint density at radius 2 is 1.52 bits per heavy atom. The van der Waals surface area contributed by atoms with Crippen molar-refractivity contribution in [2.24, 2.45) is 0 Å². The largest absolute Gasteiger partial charge is 0.316 e. The highest BCUT2D eigenvalue weighted by Gasteiger charge is 2.15. The van der Waals surface area contributed by atoms with Crippen LogP contribution in [0.5, 0.6) is 0 Å². The zero-order valence-electron chi connectivity index (χ0n) is 13.2. The minimum atomic E-state index is -3.19. The van der Waals surface area contributed by atoms with Gasteiger partial charge in [0.1, 0.15) is 0 Å². The van der Waals surface area contributed by atoms with Crippen molar-refractivity contribution in [3.8, 4) is 0 Å². The maximum absolute atomic E-state index is 12.1. The molecule has 4 nitrogen and oxygen atoms in total. The first-order chi connectivity index (χ1) is 11.0. The Morgan fingerprint density at radius 3 is 2.13 bits per heavy atom. The molecule has 1 amide bonds. The highest BCUT2D eigenvalue weighted by Crippen LogP contribution is 2.14. The number of carbonyl (C=O) groups is 1. The fourth-order valence-electron chi connectivity index (χ4n) is 2.31. The lowest BCUT2D eigenvalue weighted by Crippen LogP contribution is -2.26. The first-order valence-corrected chi connectivity index (χ1v) is 9.36. The van der Waals surface area contributed by atoms with E-state index in [0.29, 0.717) is 6.42 Å². The van der Waals surface area contributed by atoms with E-state index in [0.717, 1.165) is 11.3 Å². The molecule has 0 saturated carbocycles. The SMILES string of the molecule is CN(C(=O)CCCS(=O)(=O)Cc1ccccc1)c1ccccc1. The smallest absolute Gasteiger partial charge is 0.226 e. The Kier molecular flexibility index (Phi) is 5.93. The van der Waals surface area contributed by atoms with Crippen LogP contribution in [0.25, 0.3) is 0 Å². The van der Waals surface area contributed by atoms with Crippen LogP contribution in [0.4, 0.5) is 5.69 Å². The van der Waals surface area contributed by atoms with Gasteiger partial charge in [0.05, 0.1) is 11.5 Å². The third-order valence-electron chi connectivity index (χ3n) is 3.59. The zero-order chi connectivity index (χ0) is 16.7. The number of sulfone groups is 1. The summed E-state index contributed by atoms with van der Waals surface area (Å²) in [5.74, 6) is -0.0292. The van der Waals surface area contributed by atoms with E-state index in [1.165, 1.54) is 0 Å². The summed E-state index contributed by atoms with van der Waals surface area (Å²) < 4.78 is 24.2. The third-order valence-corrected chi connectivity index (χ3v) is 5.28. The van der Waals surface area contributed by atoms with Crippen molar-refractivity contribution in [1.29, 1.82) is 0 Å². The topological polar surface area (TPSA) is 54.5 Å². The molecular formula is C18H21NO3S. The second-order valence-corrected chi connectivity index (χ2v) is 7.65. The van der Waals surface area contributed by atoms with E-state index in [-0.39, 0.29) is 23.8 Å². The number of anilines is 1. The van der Waals surface area contributed by atoms with Gasteiger partial charge < -0.3 is 4.90 Å². The lowest BCUT2D eigenvalue weighted by molar-refractivity contribution is -0.118. The number of hydrogen-bond acceptors (Lipinski definition) is 3. The first kappa shape index (κ1) is 17.2. The number of rotatable bonds is 7. The molecular weight excluding hydrogens is 310 g/mol. The maximum atomic E-state index is 12.1. The quantitative estimate of drug-likeness (QED) is 0.783. The molecule has 0 heterocycles. The van der Waals surface area contributed by atoms with E-state index < -0.39 is 9.84 Å². The molecule has 0 aliphatic carbocycles. The van der Waals surface area contributed by atoms with E-state index in [9.17, 15) is 13.2 Å². The molecule has 0 saturated heterocycles. The average molecular weight is 331 g/mol. The van der Waals surface area contributed by atoms with Crippen molar-refractivity contribution in [3.05, 3.63) is 66.2 Å². The fraction of sp³-hybridized carbons (Fsp3) is 0.278. The molecule has 0 aliphatic heterocycles. The van der Waals surface area contributed by atoms with Crippen LogP contribution in [0.1, 0.15) is 18.4 Å². The summed E-state index contributed by atoms with van der Waals surface area (Å²) in [6, 6.07) is 18.4. The molecule has 0 N–H and O–H groups in total. The summed E-state index contributed by atoms with van der Waals surface area (Å²) in [7, 11) is -1.49. The van der Waals surface area contributed by atoms with Crippen LogP contribution in [-0.4, -0.2) is 27.1 Å². The van der Waals surface area contributed by atoms with Crippen LogP contribution in [-0.2, 0) is 20.4 Å². The van der Waals surface area contributed by atoms with Crippen LogP contribution in [0, 0.1) is 0 Å². The molecule has 0 atom stereocenters. The molecule has 23 heavy (non-hydrogen) atoms. The minimum Gasteiger partial charge on any atom is -0.316 e. The Labute approximate surface area is 137 Å². The fourth-order valence-corrected chi connectivity index (χ4v) is 3.74. The standard InChI is InChI=1S/C18H21NO3S/c1-19(17-11-6-3-7-12-17)18(20)13-8-14-23(21,22)15-16-9-4-2-5-10-16/h2-7,9-12H,8,13-15H2,1H3. The van der Waals surface area contributed by atoms with Crippen molar-refractivity contribution in [1.82, 2.24) is 0 Å². The van der Waals surface area contributed by atoms with E-state index in [2.05, 4.69) is 0 Å².